The number of hydrogen-bond donors (Lipinski definition) is 1. The quantitative estimate of drug-likeness (QED) is 0.900. The Balaban J connectivity index is 2.24. The van der Waals surface area contributed by atoms with Gasteiger partial charge in [-0.25, -0.2) is 0 Å². The minimum atomic E-state index is 0.313. The van der Waals surface area contributed by atoms with Crippen LogP contribution in [-0.4, -0.2) is 19.2 Å². The molecular formula is C12H13NOS2. The molecule has 84 valence electrons. The van der Waals surface area contributed by atoms with Crippen LogP contribution in [0.5, 0.6) is 5.75 Å². The molecular weight excluding hydrogens is 238 g/mol. The number of thiophene rings is 1. The first-order valence-electron chi connectivity index (χ1n) is 4.88. The fraction of sp³-hybridized carbons (Fsp3) is 0.167. The molecule has 0 aliphatic heterocycles. The highest BCUT2D eigenvalue weighted by Crippen LogP contribution is 2.39. The molecule has 0 radical (unpaired) electrons. The lowest BCUT2D eigenvalue weighted by molar-refractivity contribution is 0.474. The molecule has 2 aromatic rings. The minimum absolute atomic E-state index is 0.313. The van der Waals surface area contributed by atoms with Crippen LogP contribution in [0.1, 0.15) is 0 Å². The average Bonchev–Trinajstić information content (AvgIpc) is 2.66. The average molecular weight is 251 g/mol. The second-order valence-electron chi connectivity index (χ2n) is 3.59. The van der Waals surface area contributed by atoms with Crippen molar-refractivity contribution in [1.29, 1.82) is 0 Å². The molecule has 0 aliphatic rings. The number of phenols is 1. The van der Waals surface area contributed by atoms with Crippen LogP contribution in [0.15, 0.2) is 44.8 Å². The van der Waals surface area contributed by atoms with E-state index in [1.807, 2.05) is 26.2 Å². The van der Waals surface area contributed by atoms with Gasteiger partial charge in [-0.2, -0.15) is 0 Å². The zero-order chi connectivity index (χ0) is 11.5. The number of anilines is 1. The van der Waals surface area contributed by atoms with Crippen molar-refractivity contribution in [1.82, 2.24) is 0 Å². The highest BCUT2D eigenvalue weighted by molar-refractivity contribution is 8.01. The molecule has 0 saturated heterocycles. The fourth-order valence-electron chi connectivity index (χ4n) is 1.35. The standard InChI is InChI=1S/C12H13NOS2/c1-13(2)11-6-7-15-12(11)16-10-5-3-4-9(14)8-10/h3-8,14H,1-2H3. The van der Waals surface area contributed by atoms with Crippen molar-refractivity contribution in [2.24, 2.45) is 0 Å². The van der Waals surface area contributed by atoms with Crippen LogP contribution in [-0.2, 0) is 0 Å². The van der Waals surface area contributed by atoms with Crippen LogP contribution in [0.25, 0.3) is 0 Å². The molecule has 2 rings (SSSR count). The second kappa shape index (κ2) is 4.80. The molecule has 4 heteroatoms. The van der Waals surface area contributed by atoms with Gasteiger partial charge in [-0.1, -0.05) is 17.8 Å². The Bertz CT molecular complexity index is 479. The fourth-order valence-corrected chi connectivity index (χ4v) is 3.59. The lowest BCUT2D eigenvalue weighted by Crippen LogP contribution is -2.07. The van der Waals surface area contributed by atoms with Gasteiger partial charge in [-0.3, -0.25) is 0 Å². The first-order chi connectivity index (χ1) is 7.66. The van der Waals surface area contributed by atoms with Crippen molar-refractivity contribution in [2.75, 3.05) is 19.0 Å². The Labute approximate surface area is 104 Å². The molecule has 2 nitrogen and oxygen atoms in total. The van der Waals surface area contributed by atoms with Gasteiger partial charge in [0.1, 0.15) is 5.75 Å². The van der Waals surface area contributed by atoms with Crippen molar-refractivity contribution in [3.8, 4) is 5.75 Å². The Morgan fingerprint density at radius 2 is 2.06 bits per heavy atom. The van der Waals surface area contributed by atoms with Crippen LogP contribution in [0, 0.1) is 0 Å². The van der Waals surface area contributed by atoms with E-state index in [4.69, 9.17) is 0 Å². The zero-order valence-electron chi connectivity index (χ0n) is 9.18. The monoisotopic (exact) mass is 251 g/mol. The predicted octanol–water partition coefficient (Wildman–Crippen LogP) is 3.67. The molecule has 0 bridgehead atoms. The van der Waals surface area contributed by atoms with E-state index in [2.05, 4.69) is 16.3 Å². The number of hydrogen-bond acceptors (Lipinski definition) is 4. The van der Waals surface area contributed by atoms with Crippen molar-refractivity contribution in [2.45, 2.75) is 9.10 Å². The molecule has 1 aromatic carbocycles. The molecule has 16 heavy (non-hydrogen) atoms. The summed E-state index contributed by atoms with van der Waals surface area (Å²) in [5, 5.41) is 11.5. The van der Waals surface area contributed by atoms with E-state index in [9.17, 15) is 5.11 Å². The molecule has 1 heterocycles. The summed E-state index contributed by atoms with van der Waals surface area (Å²) in [6.07, 6.45) is 0. The number of nitrogens with zero attached hydrogens (tertiary/aromatic N) is 1. The smallest absolute Gasteiger partial charge is 0.116 e. The molecule has 0 saturated carbocycles. The Hall–Kier alpha value is -1.13. The van der Waals surface area contributed by atoms with Gasteiger partial charge < -0.3 is 10.0 Å². The maximum atomic E-state index is 9.40. The normalized spacial score (nSPS) is 10.4. The second-order valence-corrected chi connectivity index (χ2v) is 5.85. The lowest BCUT2D eigenvalue weighted by atomic mass is 10.3. The number of benzene rings is 1. The summed E-state index contributed by atoms with van der Waals surface area (Å²) in [5.41, 5.74) is 1.22. The number of phenolic OH excluding ortho intramolecular Hbond substituents is 1. The summed E-state index contributed by atoms with van der Waals surface area (Å²) >= 11 is 3.40. The van der Waals surface area contributed by atoms with Crippen molar-refractivity contribution in [3.63, 3.8) is 0 Å². The molecule has 1 aromatic heterocycles. The van der Waals surface area contributed by atoms with Gasteiger partial charge in [0.25, 0.3) is 0 Å². The summed E-state index contributed by atoms with van der Waals surface area (Å²) in [6.45, 7) is 0. The molecule has 0 amide bonds. The van der Waals surface area contributed by atoms with E-state index in [0.29, 0.717) is 5.75 Å². The Morgan fingerprint density at radius 1 is 1.25 bits per heavy atom. The molecule has 0 fully saturated rings. The maximum absolute atomic E-state index is 9.40. The predicted molar refractivity (Wildman–Crippen MR) is 70.9 cm³/mol. The summed E-state index contributed by atoms with van der Waals surface area (Å²) < 4.78 is 1.25. The van der Waals surface area contributed by atoms with Gasteiger partial charge in [0.2, 0.25) is 0 Å². The summed E-state index contributed by atoms with van der Waals surface area (Å²) in [5.74, 6) is 0.313. The van der Waals surface area contributed by atoms with Crippen LogP contribution in [0.3, 0.4) is 0 Å². The van der Waals surface area contributed by atoms with Gasteiger partial charge >= 0.3 is 0 Å². The van der Waals surface area contributed by atoms with E-state index in [1.165, 1.54) is 9.90 Å². The molecule has 0 unspecified atom stereocenters. The molecule has 0 aliphatic carbocycles. The van der Waals surface area contributed by atoms with Gasteiger partial charge in [-0.05, 0) is 29.6 Å². The van der Waals surface area contributed by atoms with E-state index in [1.54, 1.807) is 35.2 Å². The van der Waals surface area contributed by atoms with Crippen molar-refractivity contribution >= 4 is 28.8 Å². The van der Waals surface area contributed by atoms with Gasteiger partial charge in [-0.15, -0.1) is 11.3 Å². The zero-order valence-corrected chi connectivity index (χ0v) is 10.8. The first kappa shape index (κ1) is 11.4. The lowest BCUT2D eigenvalue weighted by Gasteiger charge is -2.12. The minimum Gasteiger partial charge on any atom is -0.508 e. The van der Waals surface area contributed by atoms with Crippen LogP contribution in [0.4, 0.5) is 5.69 Å². The highest BCUT2D eigenvalue weighted by atomic mass is 32.2. The van der Waals surface area contributed by atoms with E-state index < -0.39 is 0 Å². The largest absolute Gasteiger partial charge is 0.508 e. The van der Waals surface area contributed by atoms with E-state index >= 15 is 0 Å². The SMILES string of the molecule is CN(C)c1ccsc1Sc1cccc(O)c1. The van der Waals surface area contributed by atoms with Gasteiger partial charge in [0.15, 0.2) is 0 Å². The van der Waals surface area contributed by atoms with Gasteiger partial charge in [0.05, 0.1) is 9.90 Å². The molecule has 1 N–H and O–H groups in total. The van der Waals surface area contributed by atoms with E-state index in [0.717, 1.165) is 4.90 Å². The maximum Gasteiger partial charge on any atom is 0.116 e. The summed E-state index contributed by atoms with van der Waals surface area (Å²) in [7, 11) is 4.07. The third-order valence-corrected chi connectivity index (χ3v) is 4.24. The third kappa shape index (κ3) is 2.51. The third-order valence-electron chi connectivity index (χ3n) is 2.12. The summed E-state index contributed by atoms with van der Waals surface area (Å²) in [4.78, 5) is 3.16. The number of rotatable bonds is 3. The Kier molecular flexibility index (Phi) is 3.41. The van der Waals surface area contributed by atoms with E-state index in [-0.39, 0.29) is 0 Å². The molecule has 0 atom stereocenters. The summed E-state index contributed by atoms with van der Waals surface area (Å²) in [6, 6.07) is 9.44. The van der Waals surface area contributed by atoms with Crippen LogP contribution < -0.4 is 4.90 Å². The first-order valence-corrected chi connectivity index (χ1v) is 6.58. The van der Waals surface area contributed by atoms with Crippen LogP contribution >= 0.6 is 23.1 Å². The highest BCUT2D eigenvalue weighted by Gasteiger charge is 2.07. The van der Waals surface area contributed by atoms with Gasteiger partial charge in [0, 0.05) is 19.0 Å². The van der Waals surface area contributed by atoms with Crippen molar-refractivity contribution in [3.05, 3.63) is 35.7 Å². The number of aromatic hydroxyl groups is 1. The molecule has 0 spiro atoms. The topological polar surface area (TPSA) is 23.5 Å². The Morgan fingerprint density at radius 3 is 2.75 bits per heavy atom. The van der Waals surface area contributed by atoms with Crippen molar-refractivity contribution < 1.29 is 5.11 Å². The van der Waals surface area contributed by atoms with Crippen LogP contribution in [0.2, 0.25) is 0 Å².